The lowest BCUT2D eigenvalue weighted by Crippen LogP contribution is -2.51. The van der Waals surface area contributed by atoms with Crippen LogP contribution in [0.25, 0.3) is 0 Å². The van der Waals surface area contributed by atoms with Gasteiger partial charge in [-0.2, -0.15) is 0 Å². The van der Waals surface area contributed by atoms with Crippen LogP contribution in [0.3, 0.4) is 0 Å². The lowest BCUT2D eigenvalue weighted by molar-refractivity contribution is -0.132. The molecule has 8 heteroatoms. The first-order valence-corrected chi connectivity index (χ1v) is 7.13. The van der Waals surface area contributed by atoms with Gasteiger partial charge in [-0.15, -0.1) is 12.4 Å². The van der Waals surface area contributed by atoms with Crippen LogP contribution in [-0.2, 0) is 4.79 Å². The fourth-order valence-electron chi connectivity index (χ4n) is 2.27. The summed E-state index contributed by atoms with van der Waals surface area (Å²) in [6.07, 6.45) is 0.305. The number of rotatable bonds is 3. The molecule has 2 rings (SSSR count). The first kappa shape index (κ1) is 18.7. The van der Waals surface area contributed by atoms with Crippen LogP contribution in [0.1, 0.15) is 16.8 Å². The predicted molar refractivity (Wildman–Crippen MR) is 84.8 cm³/mol. The van der Waals surface area contributed by atoms with Crippen LogP contribution in [0, 0.1) is 5.82 Å². The molecule has 1 fully saturated rings. The quantitative estimate of drug-likeness (QED) is 0.899. The Labute approximate surface area is 139 Å². The van der Waals surface area contributed by atoms with Crippen molar-refractivity contribution in [3.05, 3.63) is 34.6 Å². The van der Waals surface area contributed by atoms with Crippen LogP contribution in [0.5, 0.6) is 0 Å². The highest BCUT2D eigenvalue weighted by molar-refractivity contribution is 6.30. The normalized spacial score (nSPS) is 14.5. The Morgan fingerprint density at radius 2 is 1.77 bits per heavy atom. The molecule has 0 saturated carbocycles. The molecule has 0 bridgehead atoms. The van der Waals surface area contributed by atoms with Gasteiger partial charge in [0.05, 0.1) is 5.56 Å². The number of amides is 2. The maximum Gasteiger partial charge on any atom is 0.256 e. The number of nitrogens with zero attached hydrogens (tertiary/aromatic N) is 2. The summed E-state index contributed by atoms with van der Waals surface area (Å²) in [5.41, 5.74) is 5.35. The minimum absolute atomic E-state index is 0. The van der Waals surface area contributed by atoms with Gasteiger partial charge in [0.25, 0.3) is 5.91 Å². The van der Waals surface area contributed by atoms with Crippen molar-refractivity contribution in [3.8, 4) is 0 Å². The Balaban J connectivity index is 0.00000242. The van der Waals surface area contributed by atoms with E-state index in [4.69, 9.17) is 17.3 Å². The van der Waals surface area contributed by atoms with Crippen LogP contribution in [0.2, 0.25) is 5.02 Å². The zero-order chi connectivity index (χ0) is 15.4. The van der Waals surface area contributed by atoms with Crippen molar-refractivity contribution in [2.75, 3.05) is 32.7 Å². The minimum atomic E-state index is -0.630. The molecule has 1 aromatic rings. The van der Waals surface area contributed by atoms with Crippen LogP contribution in [0.15, 0.2) is 18.2 Å². The Morgan fingerprint density at radius 3 is 2.32 bits per heavy atom. The molecule has 0 unspecified atom stereocenters. The number of carbonyl (C=O) groups is 2. The predicted octanol–water partition coefficient (Wildman–Crippen LogP) is 1.53. The molecular formula is C14H18Cl2FN3O2. The molecule has 0 atom stereocenters. The van der Waals surface area contributed by atoms with Crippen molar-refractivity contribution in [1.29, 1.82) is 0 Å². The van der Waals surface area contributed by atoms with Crippen molar-refractivity contribution in [3.63, 3.8) is 0 Å². The van der Waals surface area contributed by atoms with E-state index in [1.165, 1.54) is 12.1 Å². The molecule has 5 nitrogen and oxygen atoms in total. The third-order valence-electron chi connectivity index (χ3n) is 3.44. The molecule has 122 valence electrons. The molecule has 1 aliphatic heterocycles. The van der Waals surface area contributed by atoms with E-state index in [1.54, 1.807) is 9.80 Å². The van der Waals surface area contributed by atoms with Gasteiger partial charge < -0.3 is 15.5 Å². The van der Waals surface area contributed by atoms with E-state index in [1.807, 2.05) is 0 Å². The van der Waals surface area contributed by atoms with Gasteiger partial charge in [-0.1, -0.05) is 11.6 Å². The number of hydrogen-bond donors (Lipinski definition) is 1. The Morgan fingerprint density at radius 1 is 1.18 bits per heavy atom. The largest absolute Gasteiger partial charge is 0.339 e. The van der Waals surface area contributed by atoms with E-state index in [0.29, 0.717) is 39.1 Å². The zero-order valence-corrected chi connectivity index (χ0v) is 13.5. The number of halogens is 3. The smallest absolute Gasteiger partial charge is 0.256 e. The number of benzene rings is 1. The van der Waals surface area contributed by atoms with Gasteiger partial charge in [-0.3, -0.25) is 9.59 Å². The van der Waals surface area contributed by atoms with E-state index >= 15 is 0 Å². The molecule has 1 aromatic carbocycles. The first-order chi connectivity index (χ1) is 10.0. The van der Waals surface area contributed by atoms with Gasteiger partial charge in [0.1, 0.15) is 5.82 Å². The fourth-order valence-corrected chi connectivity index (χ4v) is 2.43. The minimum Gasteiger partial charge on any atom is -0.339 e. The molecule has 2 N–H and O–H groups in total. The second kappa shape index (κ2) is 8.31. The topological polar surface area (TPSA) is 66.6 Å². The molecule has 1 heterocycles. The summed E-state index contributed by atoms with van der Waals surface area (Å²) in [7, 11) is 0. The summed E-state index contributed by atoms with van der Waals surface area (Å²) in [5.74, 6) is -1.02. The molecule has 0 radical (unpaired) electrons. The molecule has 0 spiro atoms. The Kier molecular flexibility index (Phi) is 7.06. The van der Waals surface area contributed by atoms with Gasteiger partial charge in [-0.25, -0.2) is 4.39 Å². The monoisotopic (exact) mass is 349 g/mol. The molecule has 1 saturated heterocycles. The highest BCUT2D eigenvalue weighted by Gasteiger charge is 2.25. The second-order valence-corrected chi connectivity index (χ2v) is 5.27. The maximum absolute atomic E-state index is 13.8. The zero-order valence-electron chi connectivity index (χ0n) is 11.9. The standard InChI is InChI=1S/C14H17ClFN3O2.ClH/c15-10-1-2-11(12(16)9-10)14(21)19-7-5-18(6-8-19)13(20)3-4-17;/h1-2,9H,3-8,17H2;1H. The SMILES string of the molecule is Cl.NCCC(=O)N1CCN(C(=O)c2ccc(Cl)cc2F)CC1. The molecular weight excluding hydrogens is 332 g/mol. The van der Waals surface area contributed by atoms with E-state index in [9.17, 15) is 14.0 Å². The van der Waals surface area contributed by atoms with E-state index in [-0.39, 0.29) is 34.8 Å². The van der Waals surface area contributed by atoms with Gasteiger partial charge in [-0.05, 0) is 18.2 Å². The molecule has 1 aliphatic rings. The van der Waals surface area contributed by atoms with Gasteiger partial charge in [0, 0.05) is 44.2 Å². The van der Waals surface area contributed by atoms with Crippen molar-refractivity contribution < 1.29 is 14.0 Å². The van der Waals surface area contributed by atoms with Crippen molar-refractivity contribution in [1.82, 2.24) is 9.80 Å². The lowest BCUT2D eigenvalue weighted by atomic mass is 10.1. The summed E-state index contributed by atoms with van der Waals surface area (Å²) < 4.78 is 13.8. The van der Waals surface area contributed by atoms with Gasteiger partial charge in [0.15, 0.2) is 0 Å². The van der Waals surface area contributed by atoms with Crippen LogP contribution >= 0.6 is 24.0 Å². The third-order valence-corrected chi connectivity index (χ3v) is 3.67. The summed E-state index contributed by atoms with van der Waals surface area (Å²) in [5, 5.41) is 0.251. The van der Waals surface area contributed by atoms with E-state index in [2.05, 4.69) is 0 Å². The fraction of sp³-hybridized carbons (Fsp3) is 0.429. The molecule has 0 aliphatic carbocycles. The summed E-state index contributed by atoms with van der Waals surface area (Å²) >= 11 is 5.67. The average Bonchev–Trinajstić information content (AvgIpc) is 2.47. The number of nitrogens with two attached hydrogens (primary N) is 1. The van der Waals surface area contributed by atoms with Crippen molar-refractivity contribution in [2.24, 2.45) is 5.73 Å². The average molecular weight is 350 g/mol. The second-order valence-electron chi connectivity index (χ2n) is 4.84. The van der Waals surface area contributed by atoms with Crippen LogP contribution < -0.4 is 5.73 Å². The molecule has 22 heavy (non-hydrogen) atoms. The van der Waals surface area contributed by atoms with Crippen molar-refractivity contribution in [2.45, 2.75) is 6.42 Å². The summed E-state index contributed by atoms with van der Waals surface area (Å²) in [4.78, 5) is 27.2. The van der Waals surface area contributed by atoms with Crippen LogP contribution in [-0.4, -0.2) is 54.3 Å². The highest BCUT2D eigenvalue weighted by atomic mass is 35.5. The lowest BCUT2D eigenvalue weighted by Gasteiger charge is -2.34. The molecule has 2 amide bonds. The van der Waals surface area contributed by atoms with Gasteiger partial charge >= 0.3 is 0 Å². The molecule has 0 aromatic heterocycles. The first-order valence-electron chi connectivity index (χ1n) is 6.75. The Bertz CT molecular complexity index is 549. The van der Waals surface area contributed by atoms with E-state index < -0.39 is 5.82 Å². The van der Waals surface area contributed by atoms with Gasteiger partial charge in [0.2, 0.25) is 5.91 Å². The maximum atomic E-state index is 13.8. The highest BCUT2D eigenvalue weighted by Crippen LogP contribution is 2.17. The van der Waals surface area contributed by atoms with Crippen LogP contribution in [0.4, 0.5) is 4.39 Å². The number of piperazine rings is 1. The third kappa shape index (κ3) is 4.32. The van der Waals surface area contributed by atoms with Crippen molar-refractivity contribution >= 4 is 35.8 Å². The summed E-state index contributed by atoms with van der Waals surface area (Å²) in [6.45, 7) is 1.97. The number of hydrogen-bond acceptors (Lipinski definition) is 3. The Hall–Kier alpha value is -1.37. The van der Waals surface area contributed by atoms with E-state index in [0.717, 1.165) is 6.07 Å². The number of carbonyl (C=O) groups excluding carboxylic acids is 2. The summed E-state index contributed by atoms with van der Waals surface area (Å²) in [6, 6.07) is 3.99.